The second kappa shape index (κ2) is 5.90. The van der Waals surface area contributed by atoms with E-state index in [1.807, 2.05) is 18.2 Å². The lowest BCUT2D eigenvalue weighted by Crippen LogP contribution is -2.35. The Morgan fingerprint density at radius 3 is 2.33 bits per heavy atom. The Morgan fingerprint density at radius 2 is 1.67 bits per heavy atom. The first-order valence-electron chi connectivity index (χ1n) is 7.70. The SMILES string of the molecule is Oc1cccc(CC2(O)CCC(c3ccccc3)CC2)c1. The van der Waals surface area contributed by atoms with E-state index in [9.17, 15) is 10.2 Å². The average molecular weight is 282 g/mol. The fourth-order valence-corrected chi connectivity index (χ4v) is 3.44. The quantitative estimate of drug-likeness (QED) is 0.892. The summed E-state index contributed by atoms with van der Waals surface area (Å²) in [5.74, 6) is 0.838. The third kappa shape index (κ3) is 3.45. The fourth-order valence-electron chi connectivity index (χ4n) is 3.44. The Bertz CT molecular complexity index is 584. The van der Waals surface area contributed by atoms with Crippen molar-refractivity contribution in [3.63, 3.8) is 0 Å². The molecule has 0 aromatic heterocycles. The molecule has 2 heteroatoms. The maximum absolute atomic E-state index is 10.8. The first kappa shape index (κ1) is 14.2. The van der Waals surface area contributed by atoms with Crippen LogP contribution in [0.2, 0.25) is 0 Å². The molecule has 0 spiro atoms. The number of phenols is 1. The highest BCUT2D eigenvalue weighted by atomic mass is 16.3. The van der Waals surface area contributed by atoms with Crippen LogP contribution in [0.1, 0.15) is 42.7 Å². The van der Waals surface area contributed by atoms with E-state index < -0.39 is 5.60 Å². The monoisotopic (exact) mass is 282 g/mol. The molecule has 0 bridgehead atoms. The van der Waals surface area contributed by atoms with Crippen LogP contribution in [-0.4, -0.2) is 15.8 Å². The second-order valence-electron chi connectivity index (χ2n) is 6.26. The largest absolute Gasteiger partial charge is 0.508 e. The van der Waals surface area contributed by atoms with E-state index in [4.69, 9.17) is 0 Å². The van der Waals surface area contributed by atoms with Crippen LogP contribution in [0.5, 0.6) is 5.75 Å². The molecule has 0 saturated heterocycles. The first-order chi connectivity index (χ1) is 10.1. The number of benzene rings is 2. The highest BCUT2D eigenvalue weighted by Gasteiger charge is 2.33. The Morgan fingerprint density at radius 1 is 0.952 bits per heavy atom. The van der Waals surface area contributed by atoms with Gasteiger partial charge < -0.3 is 10.2 Å². The minimum atomic E-state index is -0.626. The number of hydrogen-bond acceptors (Lipinski definition) is 2. The zero-order valence-electron chi connectivity index (χ0n) is 12.2. The normalized spacial score (nSPS) is 25.7. The van der Waals surface area contributed by atoms with Crippen molar-refractivity contribution in [1.82, 2.24) is 0 Å². The van der Waals surface area contributed by atoms with E-state index in [2.05, 4.69) is 24.3 Å². The van der Waals surface area contributed by atoms with Gasteiger partial charge in [0.1, 0.15) is 5.75 Å². The lowest BCUT2D eigenvalue weighted by atomic mass is 9.74. The summed E-state index contributed by atoms with van der Waals surface area (Å²) in [7, 11) is 0. The number of hydrogen-bond donors (Lipinski definition) is 2. The van der Waals surface area contributed by atoms with Crippen molar-refractivity contribution >= 4 is 0 Å². The van der Waals surface area contributed by atoms with Crippen LogP contribution in [0.4, 0.5) is 0 Å². The molecule has 0 radical (unpaired) electrons. The van der Waals surface area contributed by atoms with Gasteiger partial charge in [-0.3, -0.25) is 0 Å². The molecule has 21 heavy (non-hydrogen) atoms. The van der Waals surface area contributed by atoms with E-state index in [0.29, 0.717) is 12.3 Å². The van der Waals surface area contributed by atoms with E-state index in [1.165, 1.54) is 5.56 Å². The van der Waals surface area contributed by atoms with Crippen molar-refractivity contribution in [3.05, 3.63) is 65.7 Å². The van der Waals surface area contributed by atoms with Crippen LogP contribution in [0, 0.1) is 0 Å². The number of rotatable bonds is 3. The lowest BCUT2D eigenvalue weighted by molar-refractivity contribution is -0.000475. The maximum atomic E-state index is 10.8. The van der Waals surface area contributed by atoms with E-state index in [0.717, 1.165) is 31.2 Å². The van der Waals surface area contributed by atoms with Gasteiger partial charge in [0, 0.05) is 6.42 Å². The summed E-state index contributed by atoms with van der Waals surface area (Å²) >= 11 is 0. The molecule has 110 valence electrons. The molecule has 2 aromatic carbocycles. The Balaban J connectivity index is 1.64. The van der Waals surface area contributed by atoms with Crippen LogP contribution in [-0.2, 0) is 6.42 Å². The van der Waals surface area contributed by atoms with Gasteiger partial charge >= 0.3 is 0 Å². The molecule has 1 saturated carbocycles. The maximum Gasteiger partial charge on any atom is 0.115 e. The van der Waals surface area contributed by atoms with Crippen LogP contribution in [0.25, 0.3) is 0 Å². The van der Waals surface area contributed by atoms with Crippen LogP contribution < -0.4 is 0 Å². The van der Waals surface area contributed by atoms with E-state index in [1.54, 1.807) is 12.1 Å². The van der Waals surface area contributed by atoms with Gasteiger partial charge in [0.2, 0.25) is 0 Å². The van der Waals surface area contributed by atoms with Crippen LogP contribution in [0.3, 0.4) is 0 Å². The molecule has 0 atom stereocenters. The zero-order valence-corrected chi connectivity index (χ0v) is 12.2. The zero-order chi connectivity index (χ0) is 14.7. The average Bonchev–Trinajstić information content (AvgIpc) is 2.48. The van der Waals surface area contributed by atoms with Crippen molar-refractivity contribution in [3.8, 4) is 5.75 Å². The molecule has 2 nitrogen and oxygen atoms in total. The number of phenolic OH excluding ortho intramolecular Hbond substituents is 1. The Hall–Kier alpha value is -1.80. The predicted octanol–water partition coefficient (Wildman–Crippen LogP) is 4.02. The third-order valence-electron chi connectivity index (χ3n) is 4.63. The van der Waals surface area contributed by atoms with Crippen molar-refractivity contribution in [2.45, 2.75) is 43.6 Å². The first-order valence-corrected chi connectivity index (χ1v) is 7.70. The molecule has 1 aliphatic carbocycles. The summed E-state index contributed by atoms with van der Waals surface area (Å²) in [6.45, 7) is 0. The summed E-state index contributed by atoms with van der Waals surface area (Å²) in [4.78, 5) is 0. The Labute approximate surface area is 126 Å². The van der Waals surface area contributed by atoms with Gasteiger partial charge in [-0.05, 0) is 54.9 Å². The molecule has 2 aromatic rings. The summed E-state index contributed by atoms with van der Waals surface area (Å²) in [5, 5.41) is 20.3. The molecule has 0 amide bonds. The predicted molar refractivity (Wildman–Crippen MR) is 84.4 cm³/mol. The van der Waals surface area contributed by atoms with Crippen molar-refractivity contribution in [2.75, 3.05) is 0 Å². The topological polar surface area (TPSA) is 40.5 Å². The van der Waals surface area contributed by atoms with Crippen molar-refractivity contribution in [2.24, 2.45) is 0 Å². The van der Waals surface area contributed by atoms with E-state index >= 15 is 0 Å². The minimum absolute atomic E-state index is 0.272. The van der Waals surface area contributed by atoms with Crippen LogP contribution in [0.15, 0.2) is 54.6 Å². The van der Waals surface area contributed by atoms with Crippen molar-refractivity contribution in [1.29, 1.82) is 0 Å². The van der Waals surface area contributed by atoms with Crippen molar-refractivity contribution < 1.29 is 10.2 Å². The summed E-state index contributed by atoms with van der Waals surface area (Å²) < 4.78 is 0. The summed E-state index contributed by atoms with van der Waals surface area (Å²) in [6, 6.07) is 17.8. The van der Waals surface area contributed by atoms with Gasteiger partial charge in [0.25, 0.3) is 0 Å². The highest BCUT2D eigenvalue weighted by Crippen LogP contribution is 2.39. The third-order valence-corrected chi connectivity index (χ3v) is 4.63. The molecule has 1 fully saturated rings. The molecule has 3 rings (SSSR count). The fraction of sp³-hybridized carbons (Fsp3) is 0.368. The summed E-state index contributed by atoms with van der Waals surface area (Å²) in [6.07, 6.45) is 4.33. The molecular formula is C19H22O2. The van der Waals surface area contributed by atoms with Gasteiger partial charge in [-0.25, -0.2) is 0 Å². The smallest absolute Gasteiger partial charge is 0.115 e. The molecule has 1 aliphatic rings. The van der Waals surface area contributed by atoms with Gasteiger partial charge in [0.15, 0.2) is 0 Å². The molecule has 0 aliphatic heterocycles. The highest BCUT2D eigenvalue weighted by molar-refractivity contribution is 5.28. The van der Waals surface area contributed by atoms with Gasteiger partial charge in [-0.15, -0.1) is 0 Å². The molecule has 0 unspecified atom stereocenters. The summed E-state index contributed by atoms with van der Waals surface area (Å²) in [5.41, 5.74) is 1.77. The minimum Gasteiger partial charge on any atom is -0.508 e. The van der Waals surface area contributed by atoms with Crippen LogP contribution >= 0.6 is 0 Å². The lowest BCUT2D eigenvalue weighted by Gasteiger charge is -2.36. The second-order valence-corrected chi connectivity index (χ2v) is 6.26. The molecule has 0 heterocycles. The van der Waals surface area contributed by atoms with Gasteiger partial charge in [-0.2, -0.15) is 0 Å². The molecule has 2 N–H and O–H groups in total. The van der Waals surface area contributed by atoms with Gasteiger partial charge in [0.05, 0.1) is 5.60 Å². The number of aromatic hydroxyl groups is 1. The van der Waals surface area contributed by atoms with Gasteiger partial charge in [-0.1, -0.05) is 42.5 Å². The number of aliphatic hydroxyl groups is 1. The van der Waals surface area contributed by atoms with E-state index in [-0.39, 0.29) is 5.75 Å². The molecular weight excluding hydrogens is 260 g/mol. The Kier molecular flexibility index (Phi) is 3.98. The standard InChI is InChI=1S/C19H22O2/c20-18-8-4-5-15(13-18)14-19(21)11-9-17(10-12-19)16-6-2-1-3-7-16/h1-8,13,17,20-21H,9-12,14H2.